The molecule has 2 aliphatic heterocycles. The number of nitrogens with zero attached hydrogens (tertiary/aromatic N) is 3. The number of anilines is 1. The third-order valence-corrected chi connectivity index (χ3v) is 4.51. The fourth-order valence-electron chi connectivity index (χ4n) is 3.17. The minimum Gasteiger partial charge on any atom is -0.368 e. The van der Waals surface area contributed by atoms with E-state index in [1.54, 1.807) is 0 Å². The topological polar surface area (TPSA) is 43.9 Å². The Morgan fingerprint density at radius 3 is 1.91 bits per heavy atom. The Kier molecular flexibility index (Phi) is 4.61. The summed E-state index contributed by atoms with van der Waals surface area (Å²) in [7, 11) is 0. The second-order valence-corrected chi connectivity index (χ2v) is 5.97. The maximum atomic E-state index is 12.3. The SMILES string of the molecule is O=C(CC(=O)N1CCN(c2ccccc2)CC1)N1CCCC1. The molecule has 5 heteroatoms. The van der Waals surface area contributed by atoms with Gasteiger partial charge in [-0.2, -0.15) is 0 Å². The lowest BCUT2D eigenvalue weighted by Crippen LogP contribution is -2.49. The van der Waals surface area contributed by atoms with Gasteiger partial charge in [0.15, 0.2) is 0 Å². The zero-order valence-electron chi connectivity index (χ0n) is 12.9. The van der Waals surface area contributed by atoms with Gasteiger partial charge in [-0.05, 0) is 25.0 Å². The van der Waals surface area contributed by atoms with Crippen LogP contribution in [0.3, 0.4) is 0 Å². The molecule has 2 saturated heterocycles. The monoisotopic (exact) mass is 301 g/mol. The number of carbonyl (C=O) groups excluding carboxylic acids is 2. The number of benzene rings is 1. The van der Waals surface area contributed by atoms with E-state index in [0.29, 0.717) is 13.1 Å². The summed E-state index contributed by atoms with van der Waals surface area (Å²) in [6, 6.07) is 10.2. The highest BCUT2D eigenvalue weighted by atomic mass is 16.2. The van der Waals surface area contributed by atoms with Crippen molar-refractivity contribution in [2.45, 2.75) is 19.3 Å². The van der Waals surface area contributed by atoms with Crippen molar-refractivity contribution in [2.24, 2.45) is 0 Å². The van der Waals surface area contributed by atoms with Crippen LogP contribution in [0.5, 0.6) is 0 Å². The van der Waals surface area contributed by atoms with Crippen molar-refractivity contribution >= 4 is 17.5 Å². The van der Waals surface area contributed by atoms with Gasteiger partial charge in [-0.1, -0.05) is 18.2 Å². The molecule has 0 radical (unpaired) electrons. The van der Waals surface area contributed by atoms with Crippen molar-refractivity contribution < 1.29 is 9.59 Å². The Bertz CT molecular complexity index is 518. The predicted octanol–water partition coefficient (Wildman–Crippen LogP) is 1.35. The Morgan fingerprint density at radius 2 is 1.32 bits per heavy atom. The van der Waals surface area contributed by atoms with Crippen molar-refractivity contribution in [1.29, 1.82) is 0 Å². The largest absolute Gasteiger partial charge is 0.368 e. The van der Waals surface area contributed by atoms with Crippen LogP contribution in [0.4, 0.5) is 5.69 Å². The van der Waals surface area contributed by atoms with Crippen LogP contribution in [0, 0.1) is 0 Å². The number of likely N-dealkylation sites (tertiary alicyclic amines) is 1. The first-order chi connectivity index (χ1) is 10.7. The fraction of sp³-hybridized carbons (Fsp3) is 0.529. The van der Waals surface area contributed by atoms with E-state index in [1.807, 2.05) is 28.0 Å². The van der Waals surface area contributed by atoms with Gasteiger partial charge in [-0.25, -0.2) is 0 Å². The number of rotatable bonds is 3. The molecule has 0 atom stereocenters. The Hall–Kier alpha value is -2.04. The number of hydrogen-bond acceptors (Lipinski definition) is 3. The van der Waals surface area contributed by atoms with Gasteiger partial charge in [0, 0.05) is 45.0 Å². The molecular formula is C17H23N3O2. The van der Waals surface area contributed by atoms with E-state index in [9.17, 15) is 9.59 Å². The van der Waals surface area contributed by atoms with E-state index in [-0.39, 0.29) is 18.2 Å². The maximum Gasteiger partial charge on any atom is 0.232 e. The van der Waals surface area contributed by atoms with Gasteiger partial charge in [-0.15, -0.1) is 0 Å². The second-order valence-electron chi connectivity index (χ2n) is 5.97. The van der Waals surface area contributed by atoms with Crippen molar-refractivity contribution in [3.05, 3.63) is 30.3 Å². The molecule has 2 fully saturated rings. The molecule has 5 nitrogen and oxygen atoms in total. The molecule has 2 amide bonds. The number of para-hydroxylation sites is 1. The van der Waals surface area contributed by atoms with Crippen molar-refractivity contribution in [3.63, 3.8) is 0 Å². The molecule has 0 saturated carbocycles. The molecule has 3 rings (SSSR count). The molecule has 118 valence electrons. The molecule has 0 unspecified atom stereocenters. The Balaban J connectivity index is 1.48. The average Bonchev–Trinajstić information content (AvgIpc) is 3.10. The lowest BCUT2D eigenvalue weighted by molar-refractivity contribution is -0.140. The molecular weight excluding hydrogens is 278 g/mol. The van der Waals surface area contributed by atoms with Crippen LogP contribution in [-0.4, -0.2) is 60.9 Å². The molecule has 1 aromatic carbocycles. The molecule has 22 heavy (non-hydrogen) atoms. The van der Waals surface area contributed by atoms with Crippen molar-refractivity contribution in [1.82, 2.24) is 9.80 Å². The van der Waals surface area contributed by atoms with Gasteiger partial charge in [0.05, 0.1) is 0 Å². The number of carbonyl (C=O) groups is 2. The lowest BCUT2D eigenvalue weighted by atomic mass is 10.2. The maximum absolute atomic E-state index is 12.3. The average molecular weight is 301 g/mol. The van der Waals surface area contributed by atoms with Crippen LogP contribution >= 0.6 is 0 Å². The number of hydrogen-bond donors (Lipinski definition) is 0. The second kappa shape index (κ2) is 6.81. The van der Waals surface area contributed by atoms with E-state index >= 15 is 0 Å². The summed E-state index contributed by atoms with van der Waals surface area (Å²) in [6.45, 7) is 4.67. The first-order valence-electron chi connectivity index (χ1n) is 8.09. The summed E-state index contributed by atoms with van der Waals surface area (Å²) in [4.78, 5) is 30.2. The van der Waals surface area contributed by atoms with Crippen LogP contribution in [0.15, 0.2) is 30.3 Å². The zero-order chi connectivity index (χ0) is 15.4. The lowest BCUT2D eigenvalue weighted by Gasteiger charge is -2.36. The van der Waals surface area contributed by atoms with Crippen molar-refractivity contribution in [3.8, 4) is 0 Å². The van der Waals surface area contributed by atoms with Gasteiger partial charge in [0.25, 0.3) is 0 Å². The Morgan fingerprint density at radius 1 is 0.773 bits per heavy atom. The minimum atomic E-state index is -0.0235. The van der Waals surface area contributed by atoms with E-state index in [0.717, 1.165) is 39.0 Å². The van der Waals surface area contributed by atoms with Gasteiger partial charge in [0.2, 0.25) is 11.8 Å². The molecule has 0 bridgehead atoms. The molecule has 0 aliphatic carbocycles. The molecule has 2 aliphatic rings. The summed E-state index contributed by atoms with van der Waals surface area (Å²) in [5.41, 5.74) is 1.20. The fourth-order valence-corrected chi connectivity index (χ4v) is 3.17. The highest BCUT2D eigenvalue weighted by Gasteiger charge is 2.25. The van der Waals surface area contributed by atoms with E-state index in [4.69, 9.17) is 0 Å². The molecule has 0 aromatic heterocycles. The smallest absolute Gasteiger partial charge is 0.232 e. The number of amides is 2. The summed E-state index contributed by atoms with van der Waals surface area (Å²) >= 11 is 0. The van der Waals surface area contributed by atoms with Gasteiger partial charge in [0.1, 0.15) is 6.42 Å². The predicted molar refractivity (Wildman–Crippen MR) is 85.7 cm³/mol. The summed E-state index contributed by atoms with van der Waals surface area (Å²) in [5.74, 6) is -0.0300. The highest BCUT2D eigenvalue weighted by Crippen LogP contribution is 2.16. The van der Waals surface area contributed by atoms with Gasteiger partial charge in [-0.3, -0.25) is 9.59 Å². The van der Waals surface area contributed by atoms with Crippen LogP contribution in [0.1, 0.15) is 19.3 Å². The minimum absolute atomic E-state index is 0.00649. The molecule has 1 aromatic rings. The third-order valence-electron chi connectivity index (χ3n) is 4.51. The molecule has 2 heterocycles. The van der Waals surface area contributed by atoms with E-state index < -0.39 is 0 Å². The number of piperazine rings is 1. The van der Waals surface area contributed by atoms with Gasteiger partial charge < -0.3 is 14.7 Å². The van der Waals surface area contributed by atoms with Crippen LogP contribution < -0.4 is 4.90 Å². The van der Waals surface area contributed by atoms with E-state index in [2.05, 4.69) is 17.0 Å². The third kappa shape index (κ3) is 3.40. The van der Waals surface area contributed by atoms with Gasteiger partial charge >= 0.3 is 0 Å². The van der Waals surface area contributed by atoms with Crippen LogP contribution in [0.25, 0.3) is 0 Å². The first-order valence-corrected chi connectivity index (χ1v) is 8.09. The Labute approximate surface area is 131 Å². The molecule has 0 N–H and O–H groups in total. The van der Waals surface area contributed by atoms with E-state index in [1.165, 1.54) is 5.69 Å². The summed E-state index contributed by atoms with van der Waals surface area (Å²) in [5, 5.41) is 0. The molecule has 0 spiro atoms. The van der Waals surface area contributed by atoms with Crippen LogP contribution in [0.2, 0.25) is 0 Å². The zero-order valence-corrected chi connectivity index (χ0v) is 12.9. The summed E-state index contributed by atoms with van der Waals surface area (Å²) < 4.78 is 0. The normalized spacial score (nSPS) is 18.6. The summed E-state index contributed by atoms with van der Waals surface area (Å²) in [6.07, 6.45) is 2.16. The standard InChI is InChI=1S/C17H23N3O2/c21-16(19-8-4-5-9-19)14-17(22)20-12-10-18(11-13-20)15-6-2-1-3-7-15/h1-3,6-7H,4-5,8-14H2. The van der Waals surface area contributed by atoms with Crippen LogP contribution in [-0.2, 0) is 9.59 Å². The quantitative estimate of drug-likeness (QED) is 0.792. The van der Waals surface area contributed by atoms with Crippen molar-refractivity contribution in [2.75, 3.05) is 44.2 Å². The first kappa shape index (κ1) is 14.9. The highest BCUT2D eigenvalue weighted by molar-refractivity contribution is 5.97.